The standard InChI is InChI=1S/C14H17Br/c1-14(2)8-6-11(7-9-14)12-4-3-5-13(15)10-12/h3-6,10H,7-9H2,1-2H3. The molecule has 0 saturated carbocycles. The zero-order valence-electron chi connectivity index (χ0n) is 9.39. The molecule has 80 valence electrons. The second-order valence-corrected chi connectivity index (χ2v) is 6.02. The minimum atomic E-state index is 0.496. The average Bonchev–Trinajstić information content (AvgIpc) is 2.17. The van der Waals surface area contributed by atoms with Crippen LogP contribution < -0.4 is 0 Å². The second-order valence-electron chi connectivity index (χ2n) is 5.11. The summed E-state index contributed by atoms with van der Waals surface area (Å²) < 4.78 is 1.17. The van der Waals surface area contributed by atoms with Gasteiger partial charge in [-0.15, -0.1) is 0 Å². The van der Waals surface area contributed by atoms with Crippen LogP contribution in [-0.2, 0) is 0 Å². The summed E-state index contributed by atoms with van der Waals surface area (Å²) >= 11 is 3.52. The molecule has 1 heteroatoms. The van der Waals surface area contributed by atoms with Crippen molar-refractivity contribution in [2.45, 2.75) is 33.1 Å². The Hall–Kier alpha value is -0.560. The first-order valence-electron chi connectivity index (χ1n) is 5.52. The first-order chi connectivity index (χ1) is 7.07. The first-order valence-corrected chi connectivity index (χ1v) is 6.31. The molecule has 1 aromatic rings. The Morgan fingerprint density at radius 1 is 1.27 bits per heavy atom. The highest BCUT2D eigenvalue weighted by Gasteiger charge is 2.21. The maximum atomic E-state index is 3.52. The van der Waals surface area contributed by atoms with Gasteiger partial charge in [-0.05, 0) is 47.9 Å². The van der Waals surface area contributed by atoms with E-state index in [1.165, 1.54) is 34.9 Å². The van der Waals surface area contributed by atoms with Crippen LogP contribution in [0.5, 0.6) is 0 Å². The fourth-order valence-electron chi connectivity index (χ4n) is 2.03. The highest BCUT2D eigenvalue weighted by atomic mass is 79.9. The van der Waals surface area contributed by atoms with E-state index in [2.05, 4.69) is 60.1 Å². The first kappa shape index (κ1) is 10.9. The van der Waals surface area contributed by atoms with Gasteiger partial charge in [-0.1, -0.05) is 48.0 Å². The predicted octanol–water partition coefficient (Wildman–Crippen LogP) is 5.04. The molecule has 2 rings (SSSR count). The summed E-state index contributed by atoms with van der Waals surface area (Å²) in [5.41, 5.74) is 3.38. The minimum Gasteiger partial charge on any atom is -0.0802 e. The van der Waals surface area contributed by atoms with E-state index >= 15 is 0 Å². The molecule has 0 spiro atoms. The maximum absolute atomic E-state index is 3.52. The number of hydrogen-bond acceptors (Lipinski definition) is 0. The molecule has 1 aliphatic rings. The molecule has 0 heterocycles. The summed E-state index contributed by atoms with van der Waals surface area (Å²) in [7, 11) is 0. The number of halogens is 1. The molecule has 0 saturated heterocycles. The zero-order valence-corrected chi connectivity index (χ0v) is 11.0. The van der Waals surface area contributed by atoms with Gasteiger partial charge in [-0.3, -0.25) is 0 Å². The smallest absolute Gasteiger partial charge is 0.0181 e. The molecule has 0 radical (unpaired) electrons. The number of allylic oxidation sites excluding steroid dienone is 2. The van der Waals surface area contributed by atoms with E-state index in [9.17, 15) is 0 Å². The van der Waals surface area contributed by atoms with Crippen LogP contribution in [-0.4, -0.2) is 0 Å². The molecule has 0 aromatic heterocycles. The highest BCUT2D eigenvalue weighted by Crippen LogP contribution is 2.38. The van der Waals surface area contributed by atoms with Crippen molar-refractivity contribution in [1.82, 2.24) is 0 Å². The van der Waals surface area contributed by atoms with Crippen LogP contribution in [0.4, 0.5) is 0 Å². The molecule has 1 aromatic carbocycles. The van der Waals surface area contributed by atoms with E-state index in [1.807, 2.05) is 0 Å². The third kappa shape index (κ3) is 2.72. The molecular weight excluding hydrogens is 248 g/mol. The average molecular weight is 265 g/mol. The molecule has 1 aliphatic carbocycles. The van der Waals surface area contributed by atoms with Crippen molar-refractivity contribution in [3.8, 4) is 0 Å². The van der Waals surface area contributed by atoms with Crippen LogP contribution in [0.2, 0.25) is 0 Å². The fraction of sp³-hybridized carbons (Fsp3) is 0.429. The summed E-state index contributed by atoms with van der Waals surface area (Å²) in [5, 5.41) is 0. The van der Waals surface area contributed by atoms with E-state index in [1.54, 1.807) is 0 Å². The topological polar surface area (TPSA) is 0 Å². The van der Waals surface area contributed by atoms with Gasteiger partial charge < -0.3 is 0 Å². The van der Waals surface area contributed by atoms with Gasteiger partial charge in [0.1, 0.15) is 0 Å². The molecular formula is C14H17Br. The lowest BCUT2D eigenvalue weighted by Gasteiger charge is -2.28. The molecule has 0 atom stereocenters. The highest BCUT2D eigenvalue weighted by molar-refractivity contribution is 9.10. The van der Waals surface area contributed by atoms with E-state index < -0.39 is 0 Å². The van der Waals surface area contributed by atoms with Crippen LogP contribution in [0.3, 0.4) is 0 Å². The lowest BCUT2D eigenvalue weighted by Crippen LogP contribution is -2.13. The summed E-state index contributed by atoms with van der Waals surface area (Å²) in [5.74, 6) is 0. The largest absolute Gasteiger partial charge is 0.0802 e. The molecule has 0 unspecified atom stereocenters. The van der Waals surface area contributed by atoms with E-state index in [0.717, 1.165) is 0 Å². The van der Waals surface area contributed by atoms with E-state index in [-0.39, 0.29) is 0 Å². The summed E-state index contributed by atoms with van der Waals surface area (Å²) in [6.07, 6.45) is 6.12. The van der Waals surface area contributed by atoms with Gasteiger partial charge in [0.25, 0.3) is 0 Å². The van der Waals surface area contributed by atoms with Gasteiger partial charge >= 0.3 is 0 Å². The number of rotatable bonds is 1. The van der Waals surface area contributed by atoms with Crippen LogP contribution in [0.1, 0.15) is 38.7 Å². The Morgan fingerprint density at radius 2 is 2.07 bits per heavy atom. The summed E-state index contributed by atoms with van der Waals surface area (Å²) in [4.78, 5) is 0. The van der Waals surface area contributed by atoms with Gasteiger partial charge in [0, 0.05) is 4.47 Å². The Balaban J connectivity index is 2.23. The Morgan fingerprint density at radius 3 is 2.67 bits per heavy atom. The van der Waals surface area contributed by atoms with Crippen LogP contribution in [0, 0.1) is 5.41 Å². The Labute approximate surface area is 101 Å². The quantitative estimate of drug-likeness (QED) is 0.667. The van der Waals surface area contributed by atoms with Gasteiger partial charge in [0.05, 0.1) is 0 Å². The van der Waals surface area contributed by atoms with Gasteiger partial charge in [-0.2, -0.15) is 0 Å². The normalized spacial score (nSPS) is 19.8. The number of hydrogen-bond donors (Lipinski definition) is 0. The minimum absolute atomic E-state index is 0.496. The molecule has 0 bridgehead atoms. The Kier molecular flexibility index (Phi) is 3.01. The van der Waals surface area contributed by atoms with Gasteiger partial charge in [0.15, 0.2) is 0 Å². The van der Waals surface area contributed by atoms with E-state index in [4.69, 9.17) is 0 Å². The van der Waals surface area contributed by atoms with Crippen molar-refractivity contribution in [1.29, 1.82) is 0 Å². The monoisotopic (exact) mass is 264 g/mol. The third-order valence-corrected chi connectivity index (χ3v) is 3.66. The van der Waals surface area contributed by atoms with Crippen molar-refractivity contribution in [2.75, 3.05) is 0 Å². The molecule has 0 fully saturated rings. The number of benzene rings is 1. The molecule has 0 aliphatic heterocycles. The molecule has 0 N–H and O–H groups in total. The third-order valence-electron chi connectivity index (χ3n) is 3.17. The Bertz CT molecular complexity index is 388. The van der Waals surface area contributed by atoms with Crippen molar-refractivity contribution < 1.29 is 0 Å². The zero-order chi connectivity index (χ0) is 10.9. The fourth-order valence-corrected chi connectivity index (χ4v) is 2.43. The van der Waals surface area contributed by atoms with Crippen LogP contribution in [0.25, 0.3) is 5.57 Å². The van der Waals surface area contributed by atoms with Crippen molar-refractivity contribution in [3.05, 3.63) is 40.4 Å². The molecule has 0 nitrogen and oxygen atoms in total. The van der Waals surface area contributed by atoms with Crippen molar-refractivity contribution in [3.63, 3.8) is 0 Å². The summed E-state index contributed by atoms with van der Waals surface area (Å²) in [6, 6.07) is 8.61. The van der Waals surface area contributed by atoms with Gasteiger partial charge in [-0.25, -0.2) is 0 Å². The lowest BCUT2D eigenvalue weighted by atomic mass is 9.77. The van der Waals surface area contributed by atoms with Gasteiger partial charge in [0.2, 0.25) is 0 Å². The molecule has 0 amide bonds. The summed E-state index contributed by atoms with van der Waals surface area (Å²) in [6.45, 7) is 4.70. The second kappa shape index (κ2) is 4.13. The van der Waals surface area contributed by atoms with Crippen LogP contribution in [0.15, 0.2) is 34.8 Å². The van der Waals surface area contributed by atoms with Crippen molar-refractivity contribution in [2.24, 2.45) is 5.41 Å². The maximum Gasteiger partial charge on any atom is 0.0181 e. The lowest BCUT2D eigenvalue weighted by molar-refractivity contribution is 0.335. The van der Waals surface area contributed by atoms with E-state index in [0.29, 0.717) is 5.41 Å². The molecule has 15 heavy (non-hydrogen) atoms. The van der Waals surface area contributed by atoms with Crippen molar-refractivity contribution >= 4 is 21.5 Å². The predicted molar refractivity (Wildman–Crippen MR) is 69.8 cm³/mol. The van der Waals surface area contributed by atoms with Crippen LogP contribution >= 0.6 is 15.9 Å². The SMILES string of the molecule is CC1(C)CC=C(c2cccc(Br)c2)CC1.